The highest BCUT2D eigenvalue weighted by atomic mass is 32.3. The first-order valence-corrected chi connectivity index (χ1v) is 9.43. The Kier molecular flexibility index (Phi) is 4.16. The molecule has 1 aromatic rings. The third kappa shape index (κ3) is 3.35. The van der Waals surface area contributed by atoms with E-state index in [9.17, 15) is 13.2 Å². The molecule has 3 saturated heterocycles. The van der Waals surface area contributed by atoms with Crippen LogP contribution in [0.5, 0.6) is 0 Å². The molecule has 0 unspecified atom stereocenters. The van der Waals surface area contributed by atoms with E-state index in [0.717, 1.165) is 18.2 Å². The molecule has 0 aromatic carbocycles. The van der Waals surface area contributed by atoms with Crippen molar-refractivity contribution in [2.45, 2.75) is 37.5 Å². The summed E-state index contributed by atoms with van der Waals surface area (Å²) in [6, 6.07) is 0.916. The number of carbonyl (C=O) groups is 1. The highest BCUT2D eigenvalue weighted by Gasteiger charge is 2.48. The molecule has 0 aliphatic carbocycles. The maximum atomic E-state index is 12.4. The fourth-order valence-corrected chi connectivity index (χ4v) is 3.77. The number of urea groups is 1. The number of aromatic nitrogens is 1. The van der Waals surface area contributed by atoms with E-state index in [1.54, 1.807) is 0 Å². The van der Waals surface area contributed by atoms with E-state index in [-0.39, 0.29) is 6.04 Å². The van der Waals surface area contributed by atoms with Crippen molar-refractivity contribution in [2.75, 3.05) is 19.6 Å². The van der Waals surface area contributed by atoms with Crippen LogP contribution in [-0.4, -0.2) is 65.8 Å². The van der Waals surface area contributed by atoms with Gasteiger partial charge in [0.05, 0.1) is 18.6 Å². The summed E-state index contributed by atoms with van der Waals surface area (Å²) in [6.45, 7) is 2.72. The van der Waals surface area contributed by atoms with Crippen molar-refractivity contribution in [1.29, 1.82) is 0 Å². The van der Waals surface area contributed by atoms with Gasteiger partial charge in [-0.2, -0.15) is 13.5 Å². The highest BCUT2D eigenvalue weighted by molar-refractivity contribution is 7.80. The van der Waals surface area contributed by atoms with Crippen molar-refractivity contribution in [3.05, 3.63) is 17.5 Å². The predicted octanol–water partition coefficient (Wildman–Crippen LogP) is -0.588. The Balaban J connectivity index is 1.43. The molecular formula is C13H19N5O6S. The van der Waals surface area contributed by atoms with Crippen LogP contribution in [0.3, 0.4) is 0 Å². The minimum atomic E-state index is -4.74. The zero-order valence-electron chi connectivity index (χ0n) is 13.3. The summed E-state index contributed by atoms with van der Waals surface area (Å²) in [5.41, 5.74) is 0.629. The number of carbonyl (C=O) groups excluding carboxylic acids is 1. The summed E-state index contributed by atoms with van der Waals surface area (Å²) in [6.07, 6.45) is 1.14. The Morgan fingerprint density at radius 1 is 1.44 bits per heavy atom. The molecule has 0 radical (unpaired) electrons. The second-order valence-corrected chi connectivity index (χ2v) is 7.47. The van der Waals surface area contributed by atoms with Crippen LogP contribution < -0.4 is 10.6 Å². The van der Waals surface area contributed by atoms with E-state index in [0.29, 0.717) is 43.4 Å². The number of rotatable bonds is 6. The van der Waals surface area contributed by atoms with Gasteiger partial charge in [0.2, 0.25) is 0 Å². The van der Waals surface area contributed by atoms with Gasteiger partial charge in [-0.05, 0) is 12.8 Å². The third-order valence-corrected chi connectivity index (χ3v) is 5.11. The Hall–Kier alpha value is -1.73. The minimum Gasteiger partial charge on any atom is -0.360 e. The van der Waals surface area contributed by atoms with Crippen LogP contribution in [0.2, 0.25) is 0 Å². The van der Waals surface area contributed by atoms with Gasteiger partial charge < -0.3 is 20.1 Å². The largest absolute Gasteiger partial charge is 0.418 e. The van der Waals surface area contributed by atoms with Gasteiger partial charge in [0.1, 0.15) is 5.69 Å². The number of piperidine rings is 1. The van der Waals surface area contributed by atoms with Gasteiger partial charge in [-0.25, -0.2) is 4.79 Å². The van der Waals surface area contributed by atoms with E-state index in [1.165, 1.54) is 4.90 Å². The first kappa shape index (κ1) is 16.7. The van der Waals surface area contributed by atoms with Crippen LogP contribution in [0.4, 0.5) is 4.79 Å². The molecule has 138 valence electrons. The summed E-state index contributed by atoms with van der Waals surface area (Å²) in [5.74, 6) is 0.682. The number of nitrogens with zero attached hydrogens (tertiary/aromatic N) is 3. The van der Waals surface area contributed by atoms with Crippen molar-refractivity contribution < 1.29 is 26.6 Å². The molecule has 4 heterocycles. The lowest BCUT2D eigenvalue weighted by Gasteiger charge is -2.28. The number of amides is 2. The Morgan fingerprint density at radius 2 is 2.24 bits per heavy atom. The second kappa shape index (κ2) is 6.21. The van der Waals surface area contributed by atoms with Crippen LogP contribution in [0, 0.1) is 0 Å². The number of fused-ring (bicyclic) bond motifs is 2. The zero-order chi connectivity index (χ0) is 17.6. The van der Waals surface area contributed by atoms with Gasteiger partial charge >= 0.3 is 16.4 Å². The smallest absolute Gasteiger partial charge is 0.360 e. The summed E-state index contributed by atoms with van der Waals surface area (Å²) < 4.78 is 40.4. The summed E-state index contributed by atoms with van der Waals surface area (Å²) in [4.78, 5) is 13.9. The second-order valence-electron chi connectivity index (χ2n) is 6.46. The zero-order valence-corrected chi connectivity index (χ0v) is 14.1. The van der Waals surface area contributed by atoms with Crippen molar-refractivity contribution >= 4 is 16.4 Å². The fraction of sp³-hybridized carbons (Fsp3) is 0.692. The molecule has 0 saturated carbocycles. The van der Waals surface area contributed by atoms with Crippen molar-refractivity contribution in [3.8, 4) is 0 Å². The van der Waals surface area contributed by atoms with Gasteiger partial charge in [0.15, 0.2) is 5.76 Å². The van der Waals surface area contributed by atoms with Crippen LogP contribution >= 0.6 is 0 Å². The Bertz CT molecular complexity index is 763. The number of hydrogen-bond donors (Lipinski definition) is 3. The van der Waals surface area contributed by atoms with Crippen LogP contribution in [0.1, 0.15) is 30.3 Å². The lowest BCUT2D eigenvalue weighted by atomic mass is 9.98. The van der Waals surface area contributed by atoms with Crippen molar-refractivity contribution in [1.82, 2.24) is 25.8 Å². The van der Waals surface area contributed by atoms with E-state index in [4.69, 9.17) is 9.08 Å². The SMILES string of the molecule is O=C1N2C[C@@H](CC[C@@H]2c2cc(CNC3CNC3)on2)N1OS(=O)(=O)O. The first-order chi connectivity index (χ1) is 11.9. The topological polar surface area (TPSA) is 137 Å². The quantitative estimate of drug-likeness (QED) is 0.559. The maximum Gasteiger partial charge on any atom is 0.418 e. The summed E-state index contributed by atoms with van der Waals surface area (Å²) in [5, 5.41) is 11.3. The van der Waals surface area contributed by atoms with Crippen molar-refractivity contribution in [3.63, 3.8) is 0 Å². The minimum absolute atomic E-state index is 0.304. The Morgan fingerprint density at radius 3 is 2.92 bits per heavy atom. The van der Waals surface area contributed by atoms with Crippen LogP contribution in [-0.2, 0) is 21.2 Å². The van der Waals surface area contributed by atoms with Gasteiger partial charge in [-0.3, -0.25) is 4.55 Å². The van der Waals surface area contributed by atoms with E-state index < -0.39 is 22.5 Å². The molecule has 3 N–H and O–H groups in total. The molecular weight excluding hydrogens is 354 g/mol. The van der Waals surface area contributed by atoms with Crippen LogP contribution in [0.15, 0.2) is 10.6 Å². The number of hydroxylamine groups is 2. The molecule has 2 bridgehead atoms. The molecule has 25 heavy (non-hydrogen) atoms. The van der Waals surface area contributed by atoms with E-state index in [2.05, 4.69) is 20.1 Å². The lowest BCUT2D eigenvalue weighted by molar-refractivity contribution is -0.0317. The van der Waals surface area contributed by atoms with Gasteiger partial charge in [-0.15, -0.1) is 4.28 Å². The average Bonchev–Trinajstić information content (AvgIpc) is 3.05. The number of nitrogens with one attached hydrogen (secondary N) is 2. The average molecular weight is 373 g/mol. The summed E-state index contributed by atoms with van der Waals surface area (Å²) >= 11 is 0. The molecule has 4 rings (SSSR count). The maximum absolute atomic E-state index is 12.4. The molecule has 2 amide bonds. The molecule has 3 aliphatic heterocycles. The molecule has 3 aliphatic rings. The monoisotopic (exact) mass is 373 g/mol. The predicted molar refractivity (Wildman–Crippen MR) is 82.3 cm³/mol. The van der Waals surface area contributed by atoms with Crippen molar-refractivity contribution in [2.24, 2.45) is 0 Å². The van der Waals surface area contributed by atoms with E-state index >= 15 is 0 Å². The third-order valence-electron chi connectivity index (χ3n) is 4.76. The molecule has 2 atom stereocenters. The lowest BCUT2D eigenvalue weighted by Crippen LogP contribution is -2.54. The van der Waals surface area contributed by atoms with Gasteiger partial charge in [0, 0.05) is 31.7 Å². The normalized spacial score (nSPS) is 27.0. The molecule has 0 spiro atoms. The molecule has 1 aromatic heterocycles. The van der Waals surface area contributed by atoms with Gasteiger partial charge in [0.25, 0.3) is 0 Å². The number of hydrogen-bond acceptors (Lipinski definition) is 8. The van der Waals surface area contributed by atoms with Crippen LogP contribution in [0.25, 0.3) is 0 Å². The summed E-state index contributed by atoms with van der Waals surface area (Å²) in [7, 11) is -4.74. The standard InChI is InChI=1S/C13H19N5O6S/c19-13-17-7-9(18(13)24-25(20,21)22)1-2-12(17)11-3-10(23-16-11)6-15-8-4-14-5-8/h3,8-9,12,14-15H,1-2,4-7H2,(H,20,21,22)/t9-,12-/m1/s1. The highest BCUT2D eigenvalue weighted by Crippen LogP contribution is 2.38. The Labute approximate surface area is 144 Å². The first-order valence-electron chi connectivity index (χ1n) is 8.07. The molecule has 3 fully saturated rings. The fourth-order valence-electron chi connectivity index (χ4n) is 3.39. The van der Waals surface area contributed by atoms with Gasteiger partial charge in [-0.1, -0.05) is 5.16 Å². The molecule has 12 heteroatoms. The molecule has 11 nitrogen and oxygen atoms in total. The van der Waals surface area contributed by atoms with E-state index in [1.807, 2.05) is 6.07 Å².